The maximum Gasteiger partial charge on any atom is 0.137 e. The molecule has 0 bridgehead atoms. The van der Waals surface area contributed by atoms with Gasteiger partial charge in [-0.05, 0) is 73.4 Å². The second-order valence-electron chi connectivity index (χ2n) is 10.8. The van der Waals surface area contributed by atoms with Gasteiger partial charge in [-0.1, -0.05) is 51.1 Å². The largest absolute Gasteiger partial charge is 0.457 e. The molecule has 3 heterocycles. The van der Waals surface area contributed by atoms with E-state index in [0.717, 1.165) is 56.5 Å². The van der Waals surface area contributed by atoms with Crippen LogP contribution in [0.4, 0.5) is 0 Å². The summed E-state index contributed by atoms with van der Waals surface area (Å²) < 4.78 is 8.63. The zero-order chi connectivity index (χ0) is 26.4. The number of rotatable bonds is 4. The van der Waals surface area contributed by atoms with Crippen LogP contribution in [-0.4, -0.2) is 19.5 Å². The van der Waals surface area contributed by atoms with Gasteiger partial charge in [0.1, 0.15) is 23.1 Å². The molecule has 0 fully saturated rings. The van der Waals surface area contributed by atoms with Gasteiger partial charge in [0.05, 0.1) is 16.7 Å². The molecule has 0 saturated carbocycles. The lowest BCUT2D eigenvalue weighted by Crippen LogP contribution is -2.12. The van der Waals surface area contributed by atoms with Crippen molar-refractivity contribution in [3.63, 3.8) is 0 Å². The molecule has 5 nitrogen and oxygen atoms in total. The molecule has 38 heavy (non-hydrogen) atoms. The molecule has 0 amide bonds. The molecule has 0 atom stereocenters. The van der Waals surface area contributed by atoms with Crippen LogP contribution in [0.15, 0.2) is 91.1 Å². The summed E-state index contributed by atoms with van der Waals surface area (Å²) in [7, 11) is 0. The number of hydrogen-bond donors (Lipinski definition) is 0. The Balaban J connectivity index is 1.45. The average Bonchev–Trinajstić information content (AvgIpc) is 3.21. The third kappa shape index (κ3) is 4.41. The molecule has 0 saturated heterocycles. The highest BCUT2D eigenvalue weighted by molar-refractivity contribution is 6.09. The predicted molar refractivity (Wildman–Crippen MR) is 154 cm³/mol. The number of aryl methyl sites for hydroxylation is 2. The second-order valence-corrected chi connectivity index (χ2v) is 10.8. The van der Waals surface area contributed by atoms with E-state index < -0.39 is 0 Å². The number of aromatic nitrogens is 4. The Labute approximate surface area is 222 Å². The van der Waals surface area contributed by atoms with Crippen LogP contribution in [0.25, 0.3) is 38.9 Å². The number of pyridine rings is 1. The lowest BCUT2D eigenvalue weighted by molar-refractivity contribution is 0.483. The van der Waals surface area contributed by atoms with Crippen LogP contribution >= 0.6 is 0 Å². The molecule has 0 spiro atoms. The summed E-state index contributed by atoms with van der Waals surface area (Å²) in [5.74, 6) is 3.18. The summed E-state index contributed by atoms with van der Waals surface area (Å²) in [6.45, 7) is 10.6. The molecule has 0 aliphatic carbocycles. The van der Waals surface area contributed by atoms with E-state index in [-0.39, 0.29) is 5.41 Å². The highest BCUT2D eigenvalue weighted by atomic mass is 16.5. The fourth-order valence-electron chi connectivity index (χ4n) is 4.99. The molecule has 0 unspecified atom stereocenters. The minimum atomic E-state index is 0.0243. The zero-order valence-corrected chi connectivity index (χ0v) is 22.4. The van der Waals surface area contributed by atoms with E-state index in [4.69, 9.17) is 9.72 Å². The van der Waals surface area contributed by atoms with Crippen molar-refractivity contribution >= 4 is 21.8 Å². The van der Waals surface area contributed by atoms with Crippen molar-refractivity contribution < 1.29 is 4.74 Å². The fourth-order valence-corrected chi connectivity index (χ4v) is 4.99. The molecule has 6 rings (SSSR count). The summed E-state index contributed by atoms with van der Waals surface area (Å²) >= 11 is 0. The number of para-hydroxylation sites is 1. The smallest absolute Gasteiger partial charge is 0.137 e. The van der Waals surface area contributed by atoms with Crippen LogP contribution in [0, 0.1) is 13.8 Å². The molecule has 0 aliphatic heterocycles. The fraction of sp³-hybridized carbons (Fsp3) is 0.182. The van der Waals surface area contributed by atoms with Gasteiger partial charge in [0.25, 0.3) is 0 Å². The van der Waals surface area contributed by atoms with Crippen LogP contribution in [-0.2, 0) is 5.41 Å². The van der Waals surface area contributed by atoms with Gasteiger partial charge in [-0.3, -0.25) is 4.57 Å². The molecule has 0 radical (unpaired) electrons. The third-order valence-electron chi connectivity index (χ3n) is 6.82. The molecule has 5 heteroatoms. The third-order valence-corrected chi connectivity index (χ3v) is 6.82. The van der Waals surface area contributed by atoms with Gasteiger partial charge < -0.3 is 4.74 Å². The minimum absolute atomic E-state index is 0.0243. The van der Waals surface area contributed by atoms with Crippen LogP contribution in [0.1, 0.15) is 37.9 Å². The normalized spacial score (nSPS) is 11.8. The van der Waals surface area contributed by atoms with Gasteiger partial charge >= 0.3 is 0 Å². The van der Waals surface area contributed by atoms with E-state index in [9.17, 15) is 0 Å². The topological polar surface area (TPSA) is 52.8 Å². The molecule has 3 aromatic carbocycles. The van der Waals surface area contributed by atoms with Crippen molar-refractivity contribution in [3.05, 3.63) is 108 Å². The SMILES string of the molecule is Cc1cc(-c2cccc(Oc3ccc4c5ccccc5n(-c5cc(C(C)(C)C)ccn5)c4c3)c2)nc(C)n1. The van der Waals surface area contributed by atoms with Crippen molar-refractivity contribution in [3.8, 4) is 28.6 Å². The highest BCUT2D eigenvalue weighted by Crippen LogP contribution is 2.36. The first-order valence-electron chi connectivity index (χ1n) is 12.9. The summed E-state index contributed by atoms with van der Waals surface area (Å²) in [4.78, 5) is 13.8. The number of benzene rings is 3. The summed E-state index contributed by atoms with van der Waals surface area (Å²) in [6.07, 6.45) is 1.90. The molecule has 188 valence electrons. The van der Waals surface area contributed by atoms with E-state index in [0.29, 0.717) is 0 Å². The molecule has 0 aliphatic rings. The van der Waals surface area contributed by atoms with Crippen LogP contribution in [0.3, 0.4) is 0 Å². The number of nitrogens with zero attached hydrogens (tertiary/aromatic N) is 4. The van der Waals surface area contributed by atoms with E-state index >= 15 is 0 Å². The Bertz CT molecular complexity index is 1790. The molecule has 0 N–H and O–H groups in total. The first-order chi connectivity index (χ1) is 18.3. The Hall–Kier alpha value is -4.51. The standard InChI is InChI=1S/C33H30N4O/c1-21-17-29(36-22(2)35-21)23-9-8-10-25(18-23)38-26-13-14-28-27-11-6-7-12-30(27)37(31(28)20-26)32-19-24(15-16-34-32)33(3,4)5/h6-20H,1-5H3. The zero-order valence-electron chi connectivity index (χ0n) is 22.4. The Kier molecular flexibility index (Phi) is 5.72. The van der Waals surface area contributed by atoms with Gasteiger partial charge in [0.2, 0.25) is 0 Å². The quantitative estimate of drug-likeness (QED) is 0.245. The molecule has 3 aromatic heterocycles. The lowest BCUT2D eigenvalue weighted by atomic mass is 9.88. The van der Waals surface area contributed by atoms with Crippen LogP contribution < -0.4 is 4.74 Å². The lowest BCUT2D eigenvalue weighted by Gasteiger charge is -2.20. The number of hydrogen-bond acceptors (Lipinski definition) is 4. The Morgan fingerprint density at radius 1 is 0.711 bits per heavy atom. The van der Waals surface area contributed by atoms with Crippen molar-refractivity contribution in [2.75, 3.05) is 0 Å². The van der Waals surface area contributed by atoms with Gasteiger partial charge in [-0.2, -0.15) is 0 Å². The number of fused-ring (bicyclic) bond motifs is 3. The van der Waals surface area contributed by atoms with Crippen molar-refractivity contribution in [2.24, 2.45) is 0 Å². The summed E-state index contributed by atoms with van der Waals surface area (Å²) in [5.41, 5.74) is 6.27. The van der Waals surface area contributed by atoms with Crippen LogP contribution in [0.2, 0.25) is 0 Å². The maximum absolute atomic E-state index is 6.40. The first-order valence-corrected chi connectivity index (χ1v) is 12.9. The van der Waals surface area contributed by atoms with E-state index in [1.807, 2.05) is 56.4 Å². The minimum Gasteiger partial charge on any atom is -0.457 e. The second kappa shape index (κ2) is 9.10. The van der Waals surface area contributed by atoms with Gasteiger partial charge in [0.15, 0.2) is 0 Å². The molecular weight excluding hydrogens is 468 g/mol. The highest BCUT2D eigenvalue weighted by Gasteiger charge is 2.18. The summed E-state index contributed by atoms with van der Waals surface area (Å²) in [5, 5.41) is 2.35. The summed E-state index contributed by atoms with van der Waals surface area (Å²) in [6, 6.07) is 29.1. The average molecular weight is 499 g/mol. The van der Waals surface area contributed by atoms with E-state index in [1.165, 1.54) is 10.9 Å². The van der Waals surface area contributed by atoms with Gasteiger partial charge in [-0.25, -0.2) is 15.0 Å². The number of ether oxygens (including phenoxy) is 1. The maximum atomic E-state index is 6.40. The van der Waals surface area contributed by atoms with Crippen molar-refractivity contribution in [1.82, 2.24) is 19.5 Å². The van der Waals surface area contributed by atoms with Crippen molar-refractivity contribution in [1.29, 1.82) is 0 Å². The Morgan fingerprint density at radius 2 is 1.50 bits per heavy atom. The van der Waals surface area contributed by atoms with E-state index in [1.54, 1.807) is 0 Å². The Morgan fingerprint density at radius 3 is 2.32 bits per heavy atom. The monoisotopic (exact) mass is 498 g/mol. The molecule has 6 aromatic rings. The van der Waals surface area contributed by atoms with Crippen LogP contribution in [0.5, 0.6) is 11.5 Å². The predicted octanol–water partition coefficient (Wildman–Crippen LogP) is 8.34. The molecular formula is C33H30N4O. The van der Waals surface area contributed by atoms with Gasteiger partial charge in [0, 0.05) is 34.3 Å². The first kappa shape index (κ1) is 23.9. The van der Waals surface area contributed by atoms with E-state index in [2.05, 4.69) is 83.8 Å². The van der Waals surface area contributed by atoms with Gasteiger partial charge in [-0.15, -0.1) is 0 Å². The van der Waals surface area contributed by atoms with Crippen molar-refractivity contribution in [2.45, 2.75) is 40.0 Å².